The second kappa shape index (κ2) is 7.36. The van der Waals surface area contributed by atoms with Crippen molar-refractivity contribution in [2.24, 2.45) is 5.92 Å². The van der Waals surface area contributed by atoms with Gasteiger partial charge in [-0.1, -0.05) is 30.3 Å². The number of hydrazine groups is 1. The maximum absolute atomic E-state index is 11.8. The largest absolute Gasteiger partial charge is 0.294 e. The van der Waals surface area contributed by atoms with Crippen LogP contribution in [0.4, 0.5) is 0 Å². The molecule has 8 heteroatoms. The fraction of sp³-hybridized carbons (Fsp3) is 0.400. The number of rotatable bonds is 5. The Balaban J connectivity index is 1.71. The van der Waals surface area contributed by atoms with Gasteiger partial charge in [-0.2, -0.15) is 0 Å². The Bertz CT molecular complexity index is 700. The number of hydrogen-bond donors (Lipinski definition) is 2. The number of Topliss-reactive ketones (excluding diaryl/α,β-unsaturated/α-hetero) is 1. The monoisotopic (exact) mass is 338 g/mol. The Morgan fingerprint density at radius 3 is 2.35 bits per heavy atom. The summed E-state index contributed by atoms with van der Waals surface area (Å²) in [7, 11) is -3.15. The standard InChI is InChI=1S/C15H18N2O5S/c18-13(11-4-2-1-3-5-11)6-7-14(19)16-17-15(20)12-8-9-23(21,22)10-12/h1-5,12H,6-10H2,(H,16,19)(H,17,20)/t12-/m1/s1. The average molecular weight is 338 g/mol. The molecule has 0 spiro atoms. The molecule has 1 atom stereocenters. The molecule has 1 fully saturated rings. The summed E-state index contributed by atoms with van der Waals surface area (Å²) >= 11 is 0. The van der Waals surface area contributed by atoms with Gasteiger partial charge in [-0.3, -0.25) is 25.2 Å². The molecule has 2 rings (SSSR count). The first-order valence-corrected chi connectivity index (χ1v) is 9.07. The molecule has 1 aromatic carbocycles. The van der Waals surface area contributed by atoms with Crippen molar-refractivity contribution in [1.29, 1.82) is 0 Å². The van der Waals surface area contributed by atoms with Crippen LogP contribution in [0, 0.1) is 5.92 Å². The Morgan fingerprint density at radius 1 is 1.04 bits per heavy atom. The summed E-state index contributed by atoms with van der Waals surface area (Å²) in [6.07, 6.45) is 0.233. The van der Waals surface area contributed by atoms with Crippen molar-refractivity contribution in [1.82, 2.24) is 10.9 Å². The van der Waals surface area contributed by atoms with Gasteiger partial charge in [0.1, 0.15) is 0 Å². The van der Waals surface area contributed by atoms with Crippen LogP contribution in [-0.2, 0) is 19.4 Å². The molecule has 2 N–H and O–H groups in total. The SMILES string of the molecule is O=C(CCC(=O)c1ccccc1)NNC(=O)[C@@H]1CCS(=O)(=O)C1. The zero-order valence-corrected chi connectivity index (χ0v) is 13.3. The van der Waals surface area contributed by atoms with Gasteiger partial charge in [0.15, 0.2) is 15.6 Å². The number of carbonyl (C=O) groups excluding carboxylic acids is 3. The van der Waals surface area contributed by atoms with Gasteiger partial charge in [0.05, 0.1) is 17.4 Å². The smallest absolute Gasteiger partial charge is 0.242 e. The van der Waals surface area contributed by atoms with Crippen LogP contribution in [-0.4, -0.2) is 37.5 Å². The lowest BCUT2D eigenvalue weighted by molar-refractivity contribution is -0.130. The fourth-order valence-corrected chi connectivity index (χ4v) is 4.03. The molecule has 1 heterocycles. The molecule has 1 saturated heterocycles. The topological polar surface area (TPSA) is 109 Å². The van der Waals surface area contributed by atoms with Crippen molar-refractivity contribution in [2.45, 2.75) is 19.3 Å². The van der Waals surface area contributed by atoms with Gasteiger partial charge in [0, 0.05) is 18.4 Å². The molecule has 1 aromatic rings. The van der Waals surface area contributed by atoms with Crippen molar-refractivity contribution in [3.8, 4) is 0 Å². The Labute approximate surface area is 134 Å². The predicted octanol–water partition coefficient (Wildman–Crippen LogP) is 0.232. The van der Waals surface area contributed by atoms with Gasteiger partial charge in [-0.15, -0.1) is 0 Å². The van der Waals surface area contributed by atoms with Crippen LogP contribution in [0.1, 0.15) is 29.6 Å². The van der Waals surface area contributed by atoms with E-state index < -0.39 is 27.6 Å². The maximum Gasteiger partial charge on any atom is 0.242 e. The van der Waals surface area contributed by atoms with E-state index in [0.717, 1.165) is 0 Å². The lowest BCUT2D eigenvalue weighted by Gasteiger charge is -2.10. The molecule has 0 aliphatic carbocycles. The summed E-state index contributed by atoms with van der Waals surface area (Å²) in [5.74, 6) is -2.01. The minimum atomic E-state index is -3.15. The second-order valence-electron chi connectivity index (χ2n) is 5.43. The fourth-order valence-electron chi connectivity index (χ4n) is 2.29. The number of nitrogens with one attached hydrogen (secondary N) is 2. The highest BCUT2D eigenvalue weighted by Gasteiger charge is 2.33. The predicted molar refractivity (Wildman–Crippen MR) is 83.1 cm³/mol. The first kappa shape index (κ1) is 17.1. The minimum absolute atomic E-state index is 0.00931. The number of ketones is 1. The van der Waals surface area contributed by atoms with Gasteiger partial charge >= 0.3 is 0 Å². The Hall–Kier alpha value is -2.22. The molecule has 0 saturated carbocycles. The van der Waals surface area contributed by atoms with E-state index in [0.29, 0.717) is 5.56 Å². The van der Waals surface area contributed by atoms with Crippen molar-refractivity contribution >= 4 is 27.4 Å². The lowest BCUT2D eigenvalue weighted by Crippen LogP contribution is -2.44. The van der Waals surface area contributed by atoms with Gasteiger partial charge < -0.3 is 0 Å². The summed E-state index contributed by atoms with van der Waals surface area (Å²) in [6.45, 7) is 0. The number of benzene rings is 1. The van der Waals surface area contributed by atoms with E-state index in [1.807, 2.05) is 0 Å². The van der Waals surface area contributed by atoms with E-state index in [2.05, 4.69) is 10.9 Å². The van der Waals surface area contributed by atoms with Crippen LogP contribution < -0.4 is 10.9 Å². The van der Waals surface area contributed by atoms with E-state index in [9.17, 15) is 22.8 Å². The third-order valence-corrected chi connectivity index (χ3v) is 5.37. The third-order valence-electron chi connectivity index (χ3n) is 3.60. The van der Waals surface area contributed by atoms with Gasteiger partial charge in [0.2, 0.25) is 11.8 Å². The number of hydrogen-bond acceptors (Lipinski definition) is 5. The highest BCUT2D eigenvalue weighted by Crippen LogP contribution is 2.17. The van der Waals surface area contributed by atoms with Crippen LogP contribution >= 0.6 is 0 Å². The van der Waals surface area contributed by atoms with Crippen molar-refractivity contribution in [3.05, 3.63) is 35.9 Å². The van der Waals surface area contributed by atoms with Crippen LogP contribution in [0.5, 0.6) is 0 Å². The molecular weight excluding hydrogens is 320 g/mol. The quantitative estimate of drug-likeness (QED) is 0.590. The Morgan fingerprint density at radius 2 is 1.74 bits per heavy atom. The van der Waals surface area contributed by atoms with E-state index in [1.54, 1.807) is 30.3 Å². The number of carbonyl (C=O) groups is 3. The van der Waals surface area contributed by atoms with Crippen LogP contribution in [0.15, 0.2) is 30.3 Å². The molecule has 7 nitrogen and oxygen atoms in total. The summed E-state index contributed by atoms with van der Waals surface area (Å²) < 4.78 is 22.6. The van der Waals surface area contributed by atoms with Crippen LogP contribution in [0.3, 0.4) is 0 Å². The molecular formula is C15H18N2O5S. The molecule has 23 heavy (non-hydrogen) atoms. The average Bonchev–Trinajstić information content (AvgIpc) is 2.91. The van der Waals surface area contributed by atoms with Gasteiger partial charge in [0.25, 0.3) is 0 Å². The highest BCUT2D eigenvalue weighted by molar-refractivity contribution is 7.91. The van der Waals surface area contributed by atoms with Gasteiger partial charge in [-0.05, 0) is 6.42 Å². The van der Waals surface area contributed by atoms with E-state index in [4.69, 9.17) is 0 Å². The van der Waals surface area contributed by atoms with E-state index >= 15 is 0 Å². The third kappa shape index (κ3) is 5.17. The van der Waals surface area contributed by atoms with Crippen LogP contribution in [0.25, 0.3) is 0 Å². The number of sulfone groups is 1. The molecule has 0 radical (unpaired) electrons. The van der Waals surface area contributed by atoms with E-state index in [1.165, 1.54) is 0 Å². The maximum atomic E-state index is 11.8. The molecule has 0 aromatic heterocycles. The molecule has 1 aliphatic rings. The summed E-state index contributed by atoms with van der Waals surface area (Å²) in [6, 6.07) is 8.61. The summed E-state index contributed by atoms with van der Waals surface area (Å²) in [4.78, 5) is 35.2. The molecule has 2 amide bonds. The zero-order valence-electron chi connectivity index (χ0n) is 12.4. The molecule has 0 unspecified atom stereocenters. The Kier molecular flexibility index (Phi) is 5.49. The first-order valence-electron chi connectivity index (χ1n) is 7.25. The summed E-state index contributed by atoms with van der Waals surface area (Å²) in [5.41, 5.74) is 4.95. The first-order chi connectivity index (χ1) is 10.9. The van der Waals surface area contributed by atoms with Gasteiger partial charge in [-0.25, -0.2) is 8.42 Å². The van der Waals surface area contributed by atoms with Crippen molar-refractivity contribution < 1.29 is 22.8 Å². The molecule has 1 aliphatic heterocycles. The summed E-state index contributed by atoms with van der Waals surface area (Å²) in [5, 5.41) is 0. The van der Waals surface area contributed by atoms with Crippen LogP contribution in [0.2, 0.25) is 0 Å². The second-order valence-corrected chi connectivity index (χ2v) is 7.66. The molecule has 0 bridgehead atoms. The van der Waals surface area contributed by atoms with E-state index in [-0.39, 0.29) is 36.6 Å². The number of amides is 2. The highest BCUT2D eigenvalue weighted by atomic mass is 32.2. The zero-order chi connectivity index (χ0) is 16.9. The lowest BCUT2D eigenvalue weighted by atomic mass is 10.1. The van der Waals surface area contributed by atoms with Crippen molar-refractivity contribution in [2.75, 3.05) is 11.5 Å². The van der Waals surface area contributed by atoms with Crippen molar-refractivity contribution in [3.63, 3.8) is 0 Å². The molecule has 124 valence electrons. The normalized spacial score (nSPS) is 19.0. The minimum Gasteiger partial charge on any atom is -0.294 e.